The van der Waals surface area contributed by atoms with E-state index in [0.717, 1.165) is 16.6 Å². The molecule has 2 rings (SSSR count). The lowest BCUT2D eigenvalue weighted by Gasteiger charge is -2.25. The third-order valence-corrected chi connectivity index (χ3v) is 2.83. The SMILES string of the molecule is Cc1ccc2c(c1)nc(N)n2C(C)(C)CO. The number of aryl methyl sites for hydroxylation is 1. The number of nitrogens with two attached hydrogens (primary N) is 1. The summed E-state index contributed by atoms with van der Waals surface area (Å²) in [5.41, 5.74) is 8.46. The highest BCUT2D eigenvalue weighted by atomic mass is 16.3. The zero-order valence-electron chi connectivity index (χ0n) is 9.86. The molecule has 4 nitrogen and oxygen atoms in total. The smallest absolute Gasteiger partial charge is 0.201 e. The zero-order chi connectivity index (χ0) is 11.9. The molecule has 0 aliphatic rings. The van der Waals surface area contributed by atoms with Crippen molar-refractivity contribution in [2.45, 2.75) is 26.3 Å². The lowest BCUT2D eigenvalue weighted by atomic mass is 10.1. The zero-order valence-corrected chi connectivity index (χ0v) is 9.86. The van der Waals surface area contributed by atoms with Gasteiger partial charge in [-0.25, -0.2) is 4.98 Å². The Balaban J connectivity index is 2.74. The molecule has 0 amide bonds. The van der Waals surface area contributed by atoms with Crippen LogP contribution < -0.4 is 5.73 Å². The van der Waals surface area contributed by atoms with Gasteiger partial charge in [-0.3, -0.25) is 0 Å². The van der Waals surface area contributed by atoms with E-state index < -0.39 is 5.54 Å². The average Bonchev–Trinajstić information content (AvgIpc) is 2.53. The first kappa shape index (κ1) is 11.0. The van der Waals surface area contributed by atoms with Gasteiger partial charge >= 0.3 is 0 Å². The van der Waals surface area contributed by atoms with E-state index >= 15 is 0 Å². The number of hydrogen-bond donors (Lipinski definition) is 2. The van der Waals surface area contributed by atoms with E-state index in [9.17, 15) is 5.11 Å². The van der Waals surface area contributed by atoms with Gasteiger partial charge in [-0.05, 0) is 38.5 Å². The van der Waals surface area contributed by atoms with E-state index in [0.29, 0.717) is 5.95 Å². The van der Waals surface area contributed by atoms with E-state index in [4.69, 9.17) is 5.73 Å². The third-order valence-electron chi connectivity index (χ3n) is 2.83. The normalized spacial score (nSPS) is 12.2. The Bertz CT molecular complexity index is 528. The van der Waals surface area contributed by atoms with Gasteiger partial charge < -0.3 is 15.4 Å². The second-order valence-electron chi connectivity index (χ2n) is 4.77. The number of nitrogens with zero attached hydrogens (tertiary/aromatic N) is 2. The second kappa shape index (κ2) is 3.49. The van der Waals surface area contributed by atoms with Gasteiger partial charge in [0.1, 0.15) is 0 Å². The van der Waals surface area contributed by atoms with Crippen LogP contribution in [0.5, 0.6) is 0 Å². The highest BCUT2D eigenvalue weighted by molar-refractivity contribution is 5.79. The summed E-state index contributed by atoms with van der Waals surface area (Å²) >= 11 is 0. The molecule has 1 heterocycles. The van der Waals surface area contributed by atoms with Crippen LogP contribution in [0.2, 0.25) is 0 Å². The van der Waals surface area contributed by atoms with Gasteiger partial charge in [0.15, 0.2) is 0 Å². The van der Waals surface area contributed by atoms with Crippen LogP contribution in [0.1, 0.15) is 19.4 Å². The predicted molar refractivity (Wildman–Crippen MR) is 65.3 cm³/mol. The fourth-order valence-electron chi connectivity index (χ4n) is 1.92. The quantitative estimate of drug-likeness (QED) is 0.807. The van der Waals surface area contributed by atoms with E-state index in [1.807, 2.05) is 43.5 Å². The van der Waals surface area contributed by atoms with Crippen molar-refractivity contribution in [2.75, 3.05) is 12.3 Å². The first-order chi connectivity index (χ1) is 7.45. The summed E-state index contributed by atoms with van der Waals surface area (Å²) in [7, 11) is 0. The first-order valence-corrected chi connectivity index (χ1v) is 5.31. The van der Waals surface area contributed by atoms with E-state index in [1.54, 1.807) is 0 Å². The molecule has 86 valence electrons. The molecule has 16 heavy (non-hydrogen) atoms. The number of fused-ring (bicyclic) bond motifs is 1. The Hall–Kier alpha value is -1.55. The van der Waals surface area contributed by atoms with Crippen LogP contribution in [0.3, 0.4) is 0 Å². The van der Waals surface area contributed by atoms with Gasteiger partial charge in [-0.1, -0.05) is 6.07 Å². The Labute approximate surface area is 94.7 Å². The maximum Gasteiger partial charge on any atom is 0.201 e. The number of aliphatic hydroxyl groups excluding tert-OH is 1. The summed E-state index contributed by atoms with van der Waals surface area (Å²) in [4.78, 5) is 4.32. The summed E-state index contributed by atoms with van der Waals surface area (Å²) < 4.78 is 1.88. The number of anilines is 1. The molecular formula is C12H17N3O. The van der Waals surface area contributed by atoms with Crippen LogP contribution in [-0.2, 0) is 5.54 Å². The number of rotatable bonds is 2. The molecule has 0 atom stereocenters. The van der Waals surface area contributed by atoms with Gasteiger partial charge in [0.05, 0.1) is 23.2 Å². The van der Waals surface area contributed by atoms with Gasteiger partial charge in [-0.2, -0.15) is 0 Å². The fraction of sp³-hybridized carbons (Fsp3) is 0.417. The molecule has 1 aromatic carbocycles. The minimum Gasteiger partial charge on any atom is -0.394 e. The largest absolute Gasteiger partial charge is 0.394 e. The molecule has 0 fully saturated rings. The summed E-state index contributed by atoms with van der Waals surface area (Å²) in [6.07, 6.45) is 0. The molecule has 0 spiro atoms. The van der Waals surface area contributed by atoms with Crippen molar-refractivity contribution in [1.82, 2.24) is 9.55 Å². The van der Waals surface area contributed by atoms with Crippen LogP contribution in [0, 0.1) is 6.92 Å². The second-order valence-corrected chi connectivity index (χ2v) is 4.77. The molecule has 1 aromatic heterocycles. The lowest BCUT2D eigenvalue weighted by molar-refractivity contribution is 0.169. The monoisotopic (exact) mass is 219 g/mol. The summed E-state index contributed by atoms with van der Waals surface area (Å²) in [6, 6.07) is 6.01. The molecule has 4 heteroatoms. The van der Waals surface area contributed by atoms with Crippen LogP contribution >= 0.6 is 0 Å². The van der Waals surface area contributed by atoms with Crippen molar-refractivity contribution in [3.05, 3.63) is 23.8 Å². The highest BCUT2D eigenvalue weighted by Crippen LogP contribution is 2.26. The molecular weight excluding hydrogens is 202 g/mol. The minimum absolute atomic E-state index is 0.0243. The van der Waals surface area contributed by atoms with E-state index in [1.165, 1.54) is 0 Å². The standard InChI is InChI=1S/C12H17N3O/c1-8-4-5-10-9(6-8)14-11(13)15(10)12(2,3)7-16/h4-6,16H,7H2,1-3H3,(H2,13,14). The van der Waals surface area contributed by atoms with Gasteiger partial charge in [-0.15, -0.1) is 0 Å². The Morgan fingerprint density at radius 1 is 1.44 bits per heavy atom. The summed E-state index contributed by atoms with van der Waals surface area (Å²) in [5.74, 6) is 0.444. The van der Waals surface area contributed by atoms with Crippen molar-refractivity contribution < 1.29 is 5.11 Å². The number of aliphatic hydroxyl groups is 1. The number of aromatic nitrogens is 2. The van der Waals surface area contributed by atoms with Crippen molar-refractivity contribution in [1.29, 1.82) is 0 Å². The van der Waals surface area contributed by atoms with Gasteiger partial charge in [0.25, 0.3) is 0 Å². The maximum atomic E-state index is 9.40. The molecule has 0 aliphatic carbocycles. The number of nitrogen functional groups attached to an aromatic ring is 1. The molecule has 0 aliphatic heterocycles. The van der Waals surface area contributed by atoms with Crippen LogP contribution in [0.15, 0.2) is 18.2 Å². The molecule has 0 saturated carbocycles. The van der Waals surface area contributed by atoms with Gasteiger partial charge in [0, 0.05) is 0 Å². The van der Waals surface area contributed by atoms with E-state index in [2.05, 4.69) is 4.98 Å². The van der Waals surface area contributed by atoms with Gasteiger partial charge in [0.2, 0.25) is 5.95 Å². The Morgan fingerprint density at radius 3 is 2.75 bits per heavy atom. The van der Waals surface area contributed by atoms with Crippen molar-refractivity contribution >= 4 is 17.0 Å². The molecule has 0 saturated heterocycles. The first-order valence-electron chi connectivity index (χ1n) is 5.31. The van der Waals surface area contributed by atoms with Crippen LogP contribution in [0.25, 0.3) is 11.0 Å². The minimum atomic E-state index is -0.436. The number of imidazole rings is 1. The lowest BCUT2D eigenvalue weighted by Crippen LogP contribution is -2.31. The number of benzene rings is 1. The van der Waals surface area contributed by atoms with E-state index in [-0.39, 0.29) is 6.61 Å². The fourth-order valence-corrected chi connectivity index (χ4v) is 1.92. The summed E-state index contributed by atoms with van der Waals surface area (Å²) in [6.45, 7) is 5.91. The Morgan fingerprint density at radius 2 is 2.12 bits per heavy atom. The number of hydrogen-bond acceptors (Lipinski definition) is 3. The molecule has 2 aromatic rings. The topological polar surface area (TPSA) is 64.1 Å². The highest BCUT2D eigenvalue weighted by Gasteiger charge is 2.24. The average molecular weight is 219 g/mol. The summed E-state index contributed by atoms with van der Waals surface area (Å²) in [5, 5.41) is 9.40. The molecule has 0 unspecified atom stereocenters. The third kappa shape index (κ3) is 1.55. The molecule has 3 N–H and O–H groups in total. The Kier molecular flexibility index (Phi) is 2.39. The van der Waals surface area contributed by atoms with Crippen molar-refractivity contribution in [2.24, 2.45) is 0 Å². The predicted octanol–water partition coefficient (Wildman–Crippen LogP) is 1.65. The molecule has 0 radical (unpaired) electrons. The van der Waals surface area contributed by atoms with Crippen LogP contribution in [-0.4, -0.2) is 21.3 Å². The van der Waals surface area contributed by atoms with Crippen molar-refractivity contribution in [3.63, 3.8) is 0 Å². The van der Waals surface area contributed by atoms with Crippen molar-refractivity contribution in [3.8, 4) is 0 Å². The maximum absolute atomic E-state index is 9.40. The molecule has 0 bridgehead atoms. The van der Waals surface area contributed by atoms with Crippen LogP contribution in [0.4, 0.5) is 5.95 Å².